The van der Waals surface area contributed by atoms with E-state index in [2.05, 4.69) is 21.2 Å². The van der Waals surface area contributed by atoms with Crippen LogP contribution in [0.4, 0.5) is 5.00 Å². The molecule has 196 valence electrons. The van der Waals surface area contributed by atoms with Crippen LogP contribution in [0.15, 0.2) is 107 Å². The number of carbonyl (C=O) groups is 2. The van der Waals surface area contributed by atoms with Gasteiger partial charge in [0.05, 0.1) is 23.4 Å². The molecule has 2 aromatic heterocycles. The molecule has 40 heavy (non-hydrogen) atoms. The molecule has 0 saturated heterocycles. The summed E-state index contributed by atoms with van der Waals surface area (Å²) in [6.07, 6.45) is 0. The molecule has 6 aromatic rings. The highest BCUT2D eigenvalue weighted by Crippen LogP contribution is 2.40. The second-order valence-electron chi connectivity index (χ2n) is 9.14. The predicted octanol–water partition coefficient (Wildman–Crippen LogP) is 8.97. The third kappa shape index (κ3) is 4.90. The van der Waals surface area contributed by atoms with E-state index in [-0.39, 0.29) is 12.5 Å². The Hall–Kier alpha value is -4.33. The summed E-state index contributed by atoms with van der Waals surface area (Å²) in [4.78, 5) is 32.0. The predicted molar refractivity (Wildman–Crippen MR) is 166 cm³/mol. The lowest BCUT2D eigenvalue weighted by atomic mass is 9.97. The minimum Gasteiger partial charge on any atom is -0.462 e. The Kier molecular flexibility index (Phi) is 7.15. The van der Waals surface area contributed by atoms with Crippen LogP contribution in [0, 0.1) is 0 Å². The van der Waals surface area contributed by atoms with Gasteiger partial charge < -0.3 is 10.1 Å². The van der Waals surface area contributed by atoms with Gasteiger partial charge in [0.1, 0.15) is 10.6 Å². The first-order valence-corrected chi connectivity index (χ1v) is 14.4. The van der Waals surface area contributed by atoms with E-state index in [1.165, 1.54) is 11.3 Å². The van der Waals surface area contributed by atoms with Gasteiger partial charge >= 0.3 is 5.97 Å². The molecule has 0 aliphatic heterocycles. The number of hydrogen-bond acceptors (Lipinski definition) is 5. The fourth-order valence-electron chi connectivity index (χ4n) is 4.83. The number of fused-ring (bicyclic) bond motifs is 2. The second-order valence-corrected chi connectivity index (χ2v) is 10.9. The highest BCUT2D eigenvalue weighted by Gasteiger charge is 2.25. The van der Waals surface area contributed by atoms with Crippen molar-refractivity contribution < 1.29 is 14.3 Å². The van der Waals surface area contributed by atoms with Crippen LogP contribution >= 0.6 is 27.3 Å². The molecular weight excluding hydrogens is 584 g/mol. The number of halogens is 1. The average Bonchev–Trinajstić information content (AvgIpc) is 3.40. The molecule has 7 heteroatoms. The quantitative estimate of drug-likeness (QED) is 0.192. The number of hydrogen-bond donors (Lipinski definition) is 1. The number of anilines is 1. The van der Waals surface area contributed by atoms with Crippen LogP contribution in [-0.2, 0) is 4.74 Å². The Morgan fingerprint density at radius 1 is 0.875 bits per heavy atom. The molecule has 4 aromatic carbocycles. The van der Waals surface area contributed by atoms with Crippen LogP contribution in [0.25, 0.3) is 44.1 Å². The van der Waals surface area contributed by atoms with Gasteiger partial charge in [0, 0.05) is 26.4 Å². The normalized spacial score (nSPS) is 11.1. The van der Waals surface area contributed by atoms with Crippen LogP contribution in [0.2, 0.25) is 0 Å². The van der Waals surface area contributed by atoms with Crippen LogP contribution in [0.5, 0.6) is 0 Å². The van der Waals surface area contributed by atoms with E-state index in [9.17, 15) is 9.59 Å². The highest BCUT2D eigenvalue weighted by atomic mass is 79.9. The molecular formula is C33H23BrN2O3S. The standard InChI is InChI=1S/C33H23BrN2O3S/c1-2-39-33(38)30-27(24-14-8-12-20-9-6-7-13-23(20)24)19-40-32(30)36-31(37)26-18-29(21-10-4-3-5-11-21)35-28-16-15-22(34)17-25(26)28/h3-19H,2H2,1H3,(H,36,37). The van der Waals surface area contributed by atoms with E-state index in [0.29, 0.717) is 32.7 Å². The van der Waals surface area contributed by atoms with Gasteiger partial charge in [-0.1, -0.05) is 88.7 Å². The van der Waals surface area contributed by atoms with Gasteiger partial charge in [0.15, 0.2) is 0 Å². The smallest absolute Gasteiger partial charge is 0.341 e. The van der Waals surface area contributed by atoms with Crippen molar-refractivity contribution in [1.29, 1.82) is 0 Å². The molecule has 6 rings (SSSR count). The lowest BCUT2D eigenvalue weighted by molar-refractivity contribution is 0.0529. The largest absolute Gasteiger partial charge is 0.462 e. The Morgan fingerprint density at radius 3 is 2.48 bits per heavy atom. The van der Waals surface area contributed by atoms with E-state index in [4.69, 9.17) is 9.72 Å². The number of rotatable bonds is 6. The molecule has 0 fully saturated rings. The molecule has 0 spiro atoms. The topological polar surface area (TPSA) is 68.3 Å². The summed E-state index contributed by atoms with van der Waals surface area (Å²) in [5.41, 5.74) is 4.73. The number of esters is 1. The summed E-state index contributed by atoms with van der Waals surface area (Å²) in [6.45, 7) is 1.99. The SMILES string of the molecule is CCOC(=O)c1c(-c2cccc3ccccc23)csc1NC(=O)c1cc(-c2ccccc2)nc2ccc(Br)cc12. The van der Waals surface area contributed by atoms with Crippen molar-refractivity contribution >= 4 is 65.8 Å². The van der Waals surface area contributed by atoms with Crippen molar-refractivity contribution in [3.05, 3.63) is 118 Å². The van der Waals surface area contributed by atoms with Gasteiger partial charge in [0.2, 0.25) is 0 Å². The number of amides is 1. The van der Waals surface area contributed by atoms with Crippen molar-refractivity contribution in [2.75, 3.05) is 11.9 Å². The number of aromatic nitrogens is 1. The first-order chi connectivity index (χ1) is 19.5. The first kappa shape index (κ1) is 25.9. The molecule has 0 radical (unpaired) electrons. The van der Waals surface area contributed by atoms with Crippen molar-refractivity contribution in [3.63, 3.8) is 0 Å². The van der Waals surface area contributed by atoms with E-state index in [0.717, 1.165) is 31.9 Å². The van der Waals surface area contributed by atoms with Crippen LogP contribution < -0.4 is 5.32 Å². The minimum atomic E-state index is -0.478. The lowest BCUT2D eigenvalue weighted by Crippen LogP contribution is -2.15. The maximum Gasteiger partial charge on any atom is 0.341 e. The summed E-state index contributed by atoms with van der Waals surface area (Å²) in [6, 6.07) is 31.2. The number of nitrogens with zero attached hydrogens (tertiary/aromatic N) is 1. The fourth-order valence-corrected chi connectivity index (χ4v) is 6.13. The molecule has 0 atom stereocenters. The number of thiophene rings is 1. The van der Waals surface area contributed by atoms with Crippen LogP contribution in [-0.4, -0.2) is 23.5 Å². The number of nitrogens with one attached hydrogen (secondary N) is 1. The van der Waals surface area contributed by atoms with E-state index < -0.39 is 5.97 Å². The zero-order chi connectivity index (χ0) is 27.6. The Labute approximate surface area is 243 Å². The fraction of sp³-hybridized carbons (Fsp3) is 0.0606. The highest BCUT2D eigenvalue weighted by molar-refractivity contribution is 9.10. The number of ether oxygens (including phenoxy) is 1. The Balaban J connectivity index is 1.47. The maximum atomic E-state index is 13.9. The maximum absolute atomic E-state index is 13.9. The van der Waals surface area contributed by atoms with E-state index in [1.807, 2.05) is 96.4 Å². The lowest BCUT2D eigenvalue weighted by Gasteiger charge is -2.12. The third-order valence-electron chi connectivity index (χ3n) is 6.66. The molecule has 0 aliphatic carbocycles. The third-order valence-corrected chi connectivity index (χ3v) is 8.05. The van der Waals surface area contributed by atoms with E-state index in [1.54, 1.807) is 13.0 Å². The molecule has 1 amide bonds. The van der Waals surface area contributed by atoms with Gasteiger partial charge in [-0.05, 0) is 47.5 Å². The van der Waals surface area contributed by atoms with Gasteiger partial charge in [-0.15, -0.1) is 11.3 Å². The zero-order valence-corrected chi connectivity index (χ0v) is 23.9. The summed E-state index contributed by atoms with van der Waals surface area (Å²) in [7, 11) is 0. The van der Waals surface area contributed by atoms with E-state index >= 15 is 0 Å². The Bertz CT molecular complexity index is 1890. The van der Waals surface area contributed by atoms with Gasteiger partial charge in [-0.25, -0.2) is 9.78 Å². The van der Waals surface area contributed by atoms with Crippen LogP contribution in [0.1, 0.15) is 27.6 Å². The van der Waals surface area contributed by atoms with Crippen molar-refractivity contribution in [1.82, 2.24) is 4.98 Å². The zero-order valence-electron chi connectivity index (χ0n) is 21.5. The summed E-state index contributed by atoms with van der Waals surface area (Å²) >= 11 is 4.83. The van der Waals surface area contributed by atoms with Gasteiger partial charge in [0.25, 0.3) is 5.91 Å². The van der Waals surface area contributed by atoms with Gasteiger partial charge in [-0.2, -0.15) is 0 Å². The number of carbonyl (C=O) groups excluding carboxylic acids is 2. The van der Waals surface area contributed by atoms with Crippen molar-refractivity contribution in [2.45, 2.75) is 6.92 Å². The average molecular weight is 608 g/mol. The van der Waals surface area contributed by atoms with Crippen molar-refractivity contribution in [2.24, 2.45) is 0 Å². The molecule has 1 N–H and O–H groups in total. The van der Waals surface area contributed by atoms with Crippen molar-refractivity contribution in [3.8, 4) is 22.4 Å². The summed E-state index contributed by atoms with van der Waals surface area (Å²) in [5.74, 6) is -0.811. The first-order valence-electron chi connectivity index (χ1n) is 12.8. The molecule has 0 saturated carbocycles. The minimum absolute atomic E-state index is 0.223. The number of benzene rings is 4. The molecule has 5 nitrogen and oxygen atoms in total. The molecule has 2 heterocycles. The summed E-state index contributed by atoms with van der Waals surface area (Å²) in [5, 5.41) is 8.16. The monoisotopic (exact) mass is 606 g/mol. The van der Waals surface area contributed by atoms with Crippen LogP contribution in [0.3, 0.4) is 0 Å². The summed E-state index contributed by atoms with van der Waals surface area (Å²) < 4.78 is 6.29. The Morgan fingerprint density at radius 2 is 1.65 bits per heavy atom. The second kappa shape index (κ2) is 11.0. The van der Waals surface area contributed by atoms with Gasteiger partial charge in [-0.3, -0.25) is 4.79 Å². The number of pyridine rings is 1. The molecule has 0 aliphatic rings. The molecule has 0 bridgehead atoms. The molecule has 0 unspecified atom stereocenters.